The number of ether oxygens (including phenoxy) is 2. The van der Waals surface area contributed by atoms with Crippen molar-refractivity contribution in [2.24, 2.45) is 0 Å². The predicted octanol–water partition coefficient (Wildman–Crippen LogP) is 1.92. The van der Waals surface area contributed by atoms with E-state index in [-0.39, 0.29) is 12.5 Å². The molecule has 1 aromatic carbocycles. The summed E-state index contributed by atoms with van der Waals surface area (Å²) in [4.78, 5) is 14.0. The molecule has 0 fully saturated rings. The van der Waals surface area contributed by atoms with Gasteiger partial charge in [-0.1, -0.05) is 13.8 Å². The highest BCUT2D eigenvalue weighted by molar-refractivity contribution is 5.77. The minimum atomic E-state index is -0.0923. The van der Waals surface area contributed by atoms with E-state index in [1.54, 1.807) is 31.4 Å². The van der Waals surface area contributed by atoms with Crippen LogP contribution in [-0.4, -0.2) is 50.7 Å². The Kier molecular flexibility index (Phi) is 8.28. The van der Waals surface area contributed by atoms with Crippen molar-refractivity contribution in [3.63, 3.8) is 0 Å². The Labute approximate surface area is 127 Å². The fourth-order valence-electron chi connectivity index (χ4n) is 1.94. The summed E-state index contributed by atoms with van der Waals surface area (Å²) < 4.78 is 10.5. The van der Waals surface area contributed by atoms with Crippen LogP contribution in [0, 0.1) is 0 Å². The lowest BCUT2D eigenvalue weighted by molar-refractivity contribution is -0.123. The first-order valence-electron chi connectivity index (χ1n) is 7.45. The van der Waals surface area contributed by atoms with E-state index in [4.69, 9.17) is 9.47 Å². The summed E-state index contributed by atoms with van der Waals surface area (Å²) in [7, 11) is 1.61. The second-order valence-corrected chi connectivity index (χ2v) is 4.69. The zero-order chi connectivity index (χ0) is 15.5. The average Bonchev–Trinajstić information content (AvgIpc) is 2.53. The monoisotopic (exact) mass is 294 g/mol. The molecule has 1 amide bonds. The minimum Gasteiger partial charge on any atom is -0.497 e. The molecule has 118 valence electrons. The fourth-order valence-corrected chi connectivity index (χ4v) is 1.94. The Bertz CT molecular complexity index is 402. The average molecular weight is 294 g/mol. The zero-order valence-corrected chi connectivity index (χ0v) is 13.2. The van der Waals surface area contributed by atoms with Crippen LogP contribution in [0.15, 0.2) is 24.3 Å². The Balaban J connectivity index is 2.15. The Morgan fingerprint density at radius 2 is 1.76 bits per heavy atom. The number of nitrogens with one attached hydrogen (secondary N) is 1. The summed E-state index contributed by atoms with van der Waals surface area (Å²) in [6.45, 7) is 8.11. The van der Waals surface area contributed by atoms with Crippen LogP contribution in [0.5, 0.6) is 11.5 Å². The van der Waals surface area contributed by atoms with Crippen LogP contribution in [0.1, 0.15) is 20.3 Å². The second kappa shape index (κ2) is 10.0. The third-order valence-electron chi connectivity index (χ3n) is 3.30. The number of hydrogen-bond donors (Lipinski definition) is 1. The van der Waals surface area contributed by atoms with E-state index in [9.17, 15) is 4.79 Å². The molecule has 0 saturated heterocycles. The molecule has 0 aliphatic heterocycles. The number of methoxy groups -OCH3 is 1. The Morgan fingerprint density at radius 1 is 1.14 bits per heavy atom. The molecule has 5 nitrogen and oxygen atoms in total. The first-order chi connectivity index (χ1) is 10.2. The molecule has 1 aromatic rings. The molecule has 0 aliphatic rings. The van der Waals surface area contributed by atoms with Gasteiger partial charge in [-0.05, 0) is 50.3 Å². The summed E-state index contributed by atoms with van der Waals surface area (Å²) in [6.07, 6.45) is 0.954. The smallest absolute Gasteiger partial charge is 0.257 e. The van der Waals surface area contributed by atoms with E-state index >= 15 is 0 Å². The highest BCUT2D eigenvalue weighted by Gasteiger charge is 2.03. The van der Waals surface area contributed by atoms with Gasteiger partial charge in [-0.25, -0.2) is 0 Å². The lowest BCUT2D eigenvalue weighted by Gasteiger charge is -2.17. The van der Waals surface area contributed by atoms with Crippen LogP contribution >= 0.6 is 0 Å². The topological polar surface area (TPSA) is 50.8 Å². The third-order valence-corrected chi connectivity index (χ3v) is 3.30. The summed E-state index contributed by atoms with van der Waals surface area (Å²) >= 11 is 0. The van der Waals surface area contributed by atoms with Gasteiger partial charge < -0.3 is 19.7 Å². The Hall–Kier alpha value is -1.75. The number of nitrogens with zero attached hydrogens (tertiary/aromatic N) is 1. The van der Waals surface area contributed by atoms with Crippen molar-refractivity contribution in [2.45, 2.75) is 20.3 Å². The van der Waals surface area contributed by atoms with Crippen LogP contribution in [-0.2, 0) is 4.79 Å². The normalized spacial score (nSPS) is 10.5. The molecule has 0 bridgehead atoms. The van der Waals surface area contributed by atoms with Crippen LogP contribution in [0.4, 0.5) is 0 Å². The van der Waals surface area contributed by atoms with E-state index in [0.29, 0.717) is 12.3 Å². The van der Waals surface area contributed by atoms with Crippen molar-refractivity contribution in [1.82, 2.24) is 10.2 Å². The summed E-state index contributed by atoms with van der Waals surface area (Å²) in [6, 6.07) is 7.17. The second-order valence-electron chi connectivity index (χ2n) is 4.69. The lowest BCUT2D eigenvalue weighted by atomic mass is 10.3. The summed E-state index contributed by atoms with van der Waals surface area (Å²) in [5, 5.41) is 2.86. The lowest BCUT2D eigenvalue weighted by Crippen LogP contribution is -2.32. The van der Waals surface area contributed by atoms with Crippen molar-refractivity contribution < 1.29 is 14.3 Å². The Morgan fingerprint density at radius 3 is 2.33 bits per heavy atom. The molecule has 0 aromatic heterocycles. The fraction of sp³-hybridized carbons (Fsp3) is 0.562. The van der Waals surface area contributed by atoms with Gasteiger partial charge in [0.25, 0.3) is 5.91 Å². The summed E-state index contributed by atoms with van der Waals surface area (Å²) in [5.41, 5.74) is 0. The standard InChI is InChI=1S/C16H26N2O3/c1-4-18(5-2)12-6-11-17-16(19)13-21-15-9-7-14(20-3)8-10-15/h7-10H,4-6,11-13H2,1-3H3,(H,17,19). The van der Waals surface area contributed by atoms with Gasteiger partial charge in [-0.2, -0.15) is 0 Å². The SMILES string of the molecule is CCN(CC)CCCNC(=O)COc1ccc(OC)cc1. The van der Waals surface area contributed by atoms with E-state index in [0.717, 1.165) is 31.8 Å². The van der Waals surface area contributed by atoms with Crippen LogP contribution in [0.25, 0.3) is 0 Å². The maximum absolute atomic E-state index is 11.6. The van der Waals surface area contributed by atoms with Crippen molar-refractivity contribution >= 4 is 5.91 Å². The van der Waals surface area contributed by atoms with Gasteiger partial charge >= 0.3 is 0 Å². The molecule has 0 spiro atoms. The number of benzene rings is 1. The number of carbonyl (C=O) groups is 1. The van der Waals surface area contributed by atoms with Crippen LogP contribution in [0.2, 0.25) is 0 Å². The molecule has 0 saturated carbocycles. The highest BCUT2D eigenvalue weighted by Crippen LogP contribution is 2.16. The molecule has 21 heavy (non-hydrogen) atoms. The molecule has 0 heterocycles. The number of rotatable bonds is 10. The van der Waals surface area contributed by atoms with Gasteiger partial charge in [0.05, 0.1) is 7.11 Å². The van der Waals surface area contributed by atoms with Crippen LogP contribution in [0.3, 0.4) is 0 Å². The van der Waals surface area contributed by atoms with Crippen molar-refractivity contribution in [3.8, 4) is 11.5 Å². The summed E-state index contributed by atoms with van der Waals surface area (Å²) in [5.74, 6) is 1.34. The zero-order valence-electron chi connectivity index (χ0n) is 13.2. The molecular weight excluding hydrogens is 268 g/mol. The van der Waals surface area contributed by atoms with Gasteiger partial charge in [0.2, 0.25) is 0 Å². The maximum atomic E-state index is 11.6. The van der Waals surface area contributed by atoms with E-state index in [1.165, 1.54) is 0 Å². The van der Waals surface area contributed by atoms with Gasteiger partial charge in [0.1, 0.15) is 11.5 Å². The highest BCUT2D eigenvalue weighted by atomic mass is 16.5. The minimum absolute atomic E-state index is 0.0393. The van der Waals surface area contributed by atoms with Gasteiger partial charge in [0, 0.05) is 6.54 Å². The molecule has 0 aliphatic carbocycles. The molecule has 0 radical (unpaired) electrons. The molecular formula is C16H26N2O3. The maximum Gasteiger partial charge on any atom is 0.257 e. The first kappa shape index (κ1) is 17.3. The third kappa shape index (κ3) is 6.99. The van der Waals surface area contributed by atoms with E-state index in [1.807, 2.05) is 0 Å². The molecule has 1 N–H and O–H groups in total. The number of carbonyl (C=O) groups excluding carboxylic acids is 1. The van der Waals surface area contributed by atoms with E-state index < -0.39 is 0 Å². The largest absolute Gasteiger partial charge is 0.497 e. The molecule has 0 unspecified atom stereocenters. The molecule has 0 atom stereocenters. The number of amides is 1. The molecule has 5 heteroatoms. The van der Waals surface area contributed by atoms with Gasteiger partial charge in [0.15, 0.2) is 6.61 Å². The van der Waals surface area contributed by atoms with Crippen molar-refractivity contribution in [3.05, 3.63) is 24.3 Å². The van der Waals surface area contributed by atoms with Crippen molar-refractivity contribution in [1.29, 1.82) is 0 Å². The van der Waals surface area contributed by atoms with Crippen LogP contribution < -0.4 is 14.8 Å². The molecule has 1 rings (SSSR count). The first-order valence-corrected chi connectivity index (χ1v) is 7.45. The van der Waals surface area contributed by atoms with Crippen molar-refractivity contribution in [2.75, 3.05) is 39.9 Å². The van der Waals surface area contributed by atoms with E-state index in [2.05, 4.69) is 24.1 Å². The quantitative estimate of drug-likeness (QED) is 0.670. The van der Waals surface area contributed by atoms with Gasteiger partial charge in [-0.3, -0.25) is 4.79 Å². The van der Waals surface area contributed by atoms with Gasteiger partial charge in [-0.15, -0.1) is 0 Å². The predicted molar refractivity (Wildman–Crippen MR) is 83.9 cm³/mol. The number of hydrogen-bond acceptors (Lipinski definition) is 4.